The zero-order valence-corrected chi connectivity index (χ0v) is 13.2. The van der Waals surface area contributed by atoms with E-state index in [-0.39, 0.29) is 6.61 Å². The maximum atomic E-state index is 11.3. The standard InChI is InChI=1S/C7H15O11P3/c1-2-6-15-19(9,10)17-21(13,14)18-20(11,12)16-7-4-3-5-8/h2-4,8H,1,5-7H2,(H,9,10)(H,11,12)(H,13,14)/b4-3+. The minimum Gasteiger partial charge on any atom is -0.392 e. The fourth-order valence-electron chi connectivity index (χ4n) is 0.750. The summed E-state index contributed by atoms with van der Waals surface area (Å²) in [4.78, 5) is 27.2. The highest BCUT2D eigenvalue weighted by Gasteiger charge is 2.41. The van der Waals surface area contributed by atoms with E-state index in [2.05, 4.69) is 24.2 Å². The number of hydrogen-bond donors (Lipinski definition) is 4. The van der Waals surface area contributed by atoms with Crippen molar-refractivity contribution < 1.29 is 51.2 Å². The first kappa shape index (κ1) is 20.9. The SMILES string of the molecule is C=CCOP(=O)(O)OP(=O)(O)OP(=O)(O)OC/C=C/CO. The van der Waals surface area contributed by atoms with Crippen LogP contribution >= 0.6 is 23.5 Å². The van der Waals surface area contributed by atoms with Crippen molar-refractivity contribution >= 4 is 23.5 Å². The van der Waals surface area contributed by atoms with E-state index in [4.69, 9.17) is 19.8 Å². The van der Waals surface area contributed by atoms with E-state index < -0.39 is 36.7 Å². The van der Waals surface area contributed by atoms with Crippen LogP contribution in [0.4, 0.5) is 0 Å². The van der Waals surface area contributed by atoms with E-state index in [0.717, 1.165) is 12.2 Å². The van der Waals surface area contributed by atoms with Gasteiger partial charge in [-0.2, -0.15) is 8.62 Å². The van der Waals surface area contributed by atoms with Crippen molar-refractivity contribution in [3.05, 3.63) is 24.8 Å². The molecule has 11 nitrogen and oxygen atoms in total. The molecule has 0 aromatic rings. The summed E-state index contributed by atoms with van der Waals surface area (Å²) in [5, 5.41) is 8.39. The van der Waals surface area contributed by atoms with Gasteiger partial charge >= 0.3 is 23.5 Å². The van der Waals surface area contributed by atoms with Crippen LogP contribution in [0.15, 0.2) is 24.8 Å². The Morgan fingerprint density at radius 3 is 1.76 bits per heavy atom. The van der Waals surface area contributed by atoms with Gasteiger partial charge in [0.15, 0.2) is 0 Å². The molecular weight excluding hydrogens is 353 g/mol. The molecule has 0 saturated carbocycles. The molecule has 0 aromatic carbocycles. The van der Waals surface area contributed by atoms with Crippen LogP contribution in [0.25, 0.3) is 0 Å². The normalized spacial score (nSPS) is 20.6. The Bertz CT molecular complexity index is 500. The van der Waals surface area contributed by atoms with Crippen molar-refractivity contribution in [2.45, 2.75) is 0 Å². The monoisotopic (exact) mass is 368 g/mol. The minimum absolute atomic E-state index is 0.351. The van der Waals surface area contributed by atoms with E-state index in [1.54, 1.807) is 0 Å². The number of phosphoric acid groups is 3. The fourth-order valence-corrected chi connectivity index (χ4v) is 4.17. The third-order valence-corrected chi connectivity index (χ3v) is 5.63. The molecule has 0 aromatic heterocycles. The van der Waals surface area contributed by atoms with Gasteiger partial charge in [-0.05, 0) is 0 Å². The van der Waals surface area contributed by atoms with Gasteiger partial charge in [-0.1, -0.05) is 18.2 Å². The van der Waals surface area contributed by atoms with E-state index >= 15 is 0 Å². The second-order valence-electron chi connectivity index (χ2n) is 3.10. The molecule has 124 valence electrons. The number of rotatable bonds is 11. The average molecular weight is 368 g/mol. The van der Waals surface area contributed by atoms with Crippen molar-refractivity contribution in [3.63, 3.8) is 0 Å². The van der Waals surface area contributed by atoms with Gasteiger partial charge in [-0.15, -0.1) is 6.58 Å². The molecule has 0 spiro atoms. The number of aliphatic hydroxyl groups excluding tert-OH is 1. The fraction of sp³-hybridized carbons (Fsp3) is 0.429. The van der Waals surface area contributed by atoms with E-state index in [9.17, 15) is 13.7 Å². The summed E-state index contributed by atoms with van der Waals surface area (Å²) in [6, 6.07) is 0. The van der Waals surface area contributed by atoms with Gasteiger partial charge in [0.1, 0.15) is 0 Å². The van der Waals surface area contributed by atoms with Crippen LogP contribution < -0.4 is 0 Å². The smallest absolute Gasteiger partial charge is 0.392 e. The molecule has 0 radical (unpaired) electrons. The van der Waals surface area contributed by atoms with E-state index in [1.165, 1.54) is 6.08 Å². The summed E-state index contributed by atoms with van der Waals surface area (Å²) in [6.07, 6.45) is 3.35. The first-order chi connectivity index (χ1) is 9.54. The average Bonchev–Trinajstić information content (AvgIpc) is 2.29. The van der Waals surface area contributed by atoms with Crippen molar-refractivity contribution in [1.29, 1.82) is 0 Å². The molecule has 0 heterocycles. The maximum Gasteiger partial charge on any atom is 0.490 e. The maximum absolute atomic E-state index is 11.3. The lowest BCUT2D eigenvalue weighted by atomic mass is 10.5. The third kappa shape index (κ3) is 11.1. The molecular formula is C7H15O11P3. The minimum atomic E-state index is -5.42. The highest BCUT2D eigenvalue weighted by molar-refractivity contribution is 7.66. The first-order valence-electron chi connectivity index (χ1n) is 5.10. The summed E-state index contributed by atoms with van der Waals surface area (Å²) in [6.45, 7) is 1.80. The van der Waals surface area contributed by atoms with Crippen LogP contribution in [0.1, 0.15) is 0 Å². The molecule has 0 fully saturated rings. The Kier molecular flexibility index (Phi) is 9.03. The van der Waals surface area contributed by atoms with Gasteiger partial charge < -0.3 is 19.8 Å². The highest BCUT2D eigenvalue weighted by atomic mass is 31.3. The molecule has 0 aliphatic heterocycles. The van der Waals surface area contributed by atoms with E-state index in [0.29, 0.717) is 0 Å². The second-order valence-corrected chi connectivity index (χ2v) is 7.74. The molecule has 0 rings (SSSR count). The van der Waals surface area contributed by atoms with Crippen LogP contribution in [-0.2, 0) is 31.4 Å². The van der Waals surface area contributed by atoms with Gasteiger partial charge in [-0.3, -0.25) is 9.05 Å². The molecule has 4 N–H and O–H groups in total. The molecule has 0 bridgehead atoms. The molecule has 0 aliphatic carbocycles. The topological polar surface area (TPSA) is 169 Å². The van der Waals surface area contributed by atoms with Gasteiger partial charge in [0.25, 0.3) is 0 Å². The lowest BCUT2D eigenvalue weighted by molar-refractivity contribution is 0.169. The number of phosphoric ester groups is 2. The summed E-state index contributed by atoms with van der Waals surface area (Å²) >= 11 is 0. The van der Waals surface area contributed by atoms with Gasteiger partial charge in [-0.25, -0.2) is 13.7 Å². The Morgan fingerprint density at radius 1 is 0.857 bits per heavy atom. The van der Waals surface area contributed by atoms with Crippen molar-refractivity contribution in [2.24, 2.45) is 0 Å². The molecule has 3 unspecified atom stereocenters. The predicted octanol–water partition coefficient (Wildman–Crippen LogP) is 1.09. The van der Waals surface area contributed by atoms with Crippen LogP contribution in [0.3, 0.4) is 0 Å². The van der Waals surface area contributed by atoms with Crippen LogP contribution in [0.5, 0.6) is 0 Å². The van der Waals surface area contributed by atoms with Gasteiger partial charge in [0.05, 0.1) is 19.8 Å². The highest BCUT2D eigenvalue weighted by Crippen LogP contribution is 2.67. The van der Waals surface area contributed by atoms with Crippen molar-refractivity contribution in [3.8, 4) is 0 Å². The Hall–Kier alpha value is -0.150. The van der Waals surface area contributed by atoms with Crippen molar-refractivity contribution in [2.75, 3.05) is 19.8 Å². The molecule has 0 aliphatic rings. The van der Waals surface area contributed by atoms with Gasteiger partial charge in [0.2, 0.25) is 0 Å². The van der Waals surface area contributed by atoms with Crippen LogP contribution in [-0.4, -0.2) is 39.6 Å². The Balaban J connectivity index is 4.60. The zero-order chi connectivity index (χ0) is 16.6. The van der Waals surface area contributed by atoms with Crippen molar-refractivity contribution in [1.82, 2.24) is 0 Å². The largest absolute Gasteiger partial charge is 0.490 e. The lowest BCUT2D eigenvalue weighted by Crippen LogP contribution is -1.99. The summed E-state index contributed by atoms with van der Waals surface area (Å²) in [5.74, 6) is 0. The molecule has 3 atom stereocenters. The third-order valence-electron chi connectivity index (χ3n) is 1.37. The molecule has 21 heavy (non-hydrogen) atoms. The zero-order valence-electron chi connectivity index (χ0n) is 10.5. The predicted molar refractivity (Wildman–Crippen MR) is 70.0 cm³/mol. The number of hydrogen-bond acceptors (Lipinski definition) is 8. The number of aliphatic hydroxyl groups is 1. The van der Waals surface area contributed by atoms with Crippen LogP contribution in [0, 0.1) is 0 Å². The quantitative estimate of drug-likeness (QED) is 0.304. The lowest BCUT2D eigenvalue weighted by Gasteiger charge is -2.17. The summed E-state index contributed by atoms with van der Waals surface area (Å²) in [7, 11) is -15.5. The molecule has 0 amide bonds. The first-order valence-corrected chi connectivity index (χ1v) is 9.59. The summed E-state index contributed by atoms with van der Waals surface area (Å²) < 4.78 is 49.6. The second kappa shape index (κ2) is 9.09. The molecule has 14 heteroatoms. The molecule has 0 saturated heterocycles. The Morgan fingerprint density at radius 2 is 1.33 bits per heavy atom. The Labute approximate surface area is 120 Å². The van der Waals surface area contributed by atoms with E-state index in [1.807, 2.05) is 0 Å². The van der Waals surface area contributed by atoms with Crippen LogP contribution in [0.2, 0.25) is 0 Å². The summed E-state index contributed by atoms with van der Waals surface area (Å²) in [5.41, 5.74) is 0. The van der Waals surface area contributed by atoms with Gasteiger partial charge in [0, 0.05) is 0 Å².